The Labute approximate surface area is 141 Å². The normalized spacial score (nSPS) is 12.0. The van der Waals surface area contributed by atoms with Crippen LogP contribution >= 0.6 is 19.2 Å². The van der Waals surface area contributed by atoms with Gasteiger partial charge in [0, 0.05) is 0 Å². The molecule has 0 aliphatic carbocycles. The van der Waals surface area contributed by atoms with Crippen molar-refractivity contribution in [2.45, 2.75) is 78.6 Å². The summed E-state index contributed by atoms with van der Waals surface area (Å²) >= 11 is -0.620. The van der Waals surface area contributed by atoms with Crippen LogP contribution in [0.3, 0.4) is 0 Å². The molecule has 0 saturated heterocycles. The second-order valence-corrected chi connectivity index (χ2v) is 13.5. The van der Waals surface area contributed by atoms with Gasteiger partial charge < -0.3 is 0 Å². The van der Waals surface area contributed by atoms with Crippen molar-refractivity contribution in [2.75, 3.05) is 19.8 Å². The summed E-state index contributed by atoms with van der Waals surface area (Å²) in [5, 5.41) is 0. The van der Waals surface area contributed by atoms with E-state index in [2.05, 4.69) is 40.0 Å². The van der Waals surface area contributed by atoms with E-state index in [9.17, 15) is 0 Å². The Morgan fingerprint density at radius 2 is 0.900 bits per heavy atom. The standard InChI is InChI=1S/3C5H11O.HI.Ti/c3*1-2-3-4-5-6;;/h3*2-5H2,1H3;1H;/q3*-1;;+4/p-1. The van der Waals surface area contributed by atoms with E-state index in [1.807, 2.05) is 0 Å². The summed E-state index contributed by atoms with van der Waals surface area (Å²) < 4.78 is 18.1. The first-order chi connectivity index (χ1) is 9.68. The second kappa shape index (κ2) is 15.2. The Balaban J connectivity index is 3.98. The van der Waals surface area contributed by atoms with Crippen LogP contribution in [-0.2, 0) is 24.0 Å². The van der Waals surface area contributed by atoms with Crippen LogP contribution < -0.4 is 0 Å². The summed E-state index contributed by atoms with van der Waals surface area (Å²) in [6.07, 6.45) is 10.7. The third-order valence-corrected chi connectivity index (χ3v) is 9.49. The van der Waals surface area contributed by atoms with E-state index in [1.165, 1.54) is 38.5 Å². The fraction of sp³-hybridized carbons (Fsp3) is 1.00. The van der Waals surface area contributed by atoms with Gasteiger partial charge in [0.25, 0.3) is 0 Å². The van der Waals surface area contributed by atoms with E-state index in [1.54, 1.807) is 0 Å². The summed E-state index contributed by atoms with van der Waals surface area (Å²) in [5.41, 5.74) is 0. The van der Waals surface area contributed by atoms with Crippen molar-refractivity contribution in [2.24, 2.45) is 0 Å². The molecule has 0 fully saturated rings. The van der Waals surface area contributed by atoms with Crippen molar-refractivity contribution < 1.29 is 24.0 Å². The fourth-order valence-corrected chi connectivity index (χ4v) is 6.70. The van der Waals surface area contributed by atoms with Crippen molar-refractivity contribution in [3.05, 3.63) is 0 Å². The van der Waals surface area contributed by atoms with Crippen LogP contribution in [0.4, 0.5) is 0 Å². The van der Waals surface area contributed by atoms with Gasteiger partial charge in [-0.1, -0.05) is 0 Å². The van der Waals surface area contributed by atoms with Gasteiger partial charge in [0.15, 0.2) is 0 Å². The van der Waals surface area contributed by atoms with E-state index in [-0.39, 0.29) is 0 Å². The van der Waals surface area contributed by atoms with Gasteiger partial charge in [0.05, 0.1) is 0 Å². The number of halogens is 1. The molecular formula is C15H33IO3Ti. The molecule has 0 aromatic heterocycles. The van der Waals surface area contributed by atoms with Crippen molar-refractivity contribution in [1.29, 1.82) is 0 Å². The van der Waals surface area contributed by atoms with Gasteiger partial charge in [0.1, 0.15) is 0 Å². The predicted molar refractivity (Wildman–Crippen MR) is 90.5 cm³/mol. The van der Waals surface area contributed by atoms with Gasteiger partial charge in [-0.2, -0.15) is 0 Å². The third kappa shape index (κ3) is 13.0. The Morgan fingerprint density at radius 1 is 0.600 bits per heavy atom. The molecular weight excluding hydrogens is 403 g/mol. The Kier molecular flexibility index (Phi) is 16.2. The Hall–Kier alpha value is 1.32. The summed E-state index contributed by atoms with van der Waals surface area (Å²) in [6, 6.07) is 0. The number of unbranched alkanes of at least 4 members (excludes halogenated alkanes) is 6. The molecule has 0 bridgehead atoms. The van der Waals surface area contributed by atoms with E-state index in [0.29, 0.717) is 0 Å². The van der Waals surface area contributed by atoms with Gasteiger partial charge in [-0.05, 0) is 0 Å². The Bertz CT molecular complexity index is 174. The zero-order chi connectivity index (χ0) is 15.1. The van der Waals surface area contributed by atoms with Gasteiger partial charge in [-0.15, -0.1) is 0 Å². The second-order valence-electron chi connectivity index (χ2n) is 5.15. The first kappa shape index (κ1) is 21.3. The molecule has 20 heavy (non-hydrogen) atoms. The zero-order valence-corrected chi connectivity index (χ0v) is 17.3. The molecule has 0 N–H and O–H groups in total. The third-order valence-electron chi connectivity index (χ3n) is 3.07. The average Bonchev–Trinajstić information content (AvgIpc) is 2.45. The van der Waals surface area contributed by atoms with Crippen LogP contribution in [-0.4, -0.2) is 19.8 Å². The summed E-state index contributed by atoms with van der Waals surface area (Å²) in [4.78, 5) is 0. The average molecular weight is 436 g/mol. The van der Waals surface area contributed by atoms with Crippen LogP contribution in [0.5, 0.6) is 0 Å². The SMILES string of the molecule is CCCCC[O][Ti]([I])([O]CCCCC)[O]CCCCC. The molecule has 0 aliphatic heterocycles. The van der Waals surface area contributed by atoms with Crippen molar-refractivity contribution in [3.63, 3.8) is 0 Å². The minimum absolute atomic E-state index is 0.790. The molecule has 5 heteroatoms. The molecule has 0 aromatic carbocycles. The monoisotopic (exact) mass is 436 g/mol. The Morgan fingerprint density at radius 3 is 1.15 bits per heavy atom. The molecule has 0 amide bonds. The van der Waals surface area contributed by atoms with Crippen molar-refractivity contribution in [1.82, 2.24) is 0 Å². The molecule has 0 unspecified atom stereocenters. The van der Waals surface area contributed by atoms with E-state index < -0.39 is 14.0 Å². The summed E-state index contributed by atoms with van der Waals surface area (Å²) in [6.45, 7) is 9.00. The van der Waals surface area contributed by atoms with Gasteiger partial charge in [0.2, 0.25) is 0 Å². The quantitative estimate of drug-likeness (QED) is 0.183. The van der Waals surface area contributed by atoms with Gasteiger partial charge >= 0.3 is 142 Å². The molecule has 3 nitrogen and oxygen atoms in total. The van der Waals surface area contributed by atoms with Crippen LogP contribution in [0.25, 0.3) is 0 Å². The van der Waals surface area contributed by atoms with Crippen LogP contribution in [0.1, 0.15) is 78.6 Å². The maximum atomic E-state index is 6.02. The minimum atomic E-state index is -2.97. The fourth-order valence-electron chi connectivity index (χ4n) is 1.76. The molecule has 0 rings (SSSR count). The number of hydrogen-bond acceptors (Lipinski definition) is 3. The van der Waals surface area contributed by atoms with E-state index in [0.717, 1.165) is 39.1 Å². The van der Waals surface area contributed by atoms with Crippen LogP contribution in [0.15, 0.2) is 0 Å². The first-order valence-corrected chi connectivity index (χ1v) is 15.2. The maximum absolute atomic E-state index is 6.02. The van der Waals surface area contributed by atoms with Gasteiger partial charge in [-0.25, -0.2) is 0 Å². The van der Waals surface area contributed by atoms with Crippen molar-refractivity contribution in [3.8, 4) is 0 Å². The molecule has 0 radical (unpaired) electrons. The molecule has 0 aromatic rings. The molecule has 0 atom stereocenters. The van der Waals surface area contributed by atoms with E-state index >= 15 is 0 Å². The molecule has 0 saturated carbocycles. The van der Waals surface area contributed by atoms with Gasteiger partial charge in [-0.3, -0.25) is 0 Å². The number of rotatable bonds is 15. The van der Waals surface area contributed by atoms with Crippen molar-refractivity contribution >= 4 is 19.2 Å². The summed E-state index contributed by atoms with van der Waals surface area (Å²) in [5.74, 6) is 0. The molecule has 0 spiro atoms. The molecule has 0 heterocycles. The first-order valence-electron chi connectivity index (χ1n) is 8.29. The van der Waals surface area contributed by atoms with E-state index in [4.69, 9.17) is 9.96 Å². The molecule has 0 aliphatic rings. The topological polar surface area (TPSA) is 27.7 Å². The predicted octanol–water partition coefficient (Wildman–Crippen LogP) is 5.86. The van der Waals surface area contributed by atoms with Crippen LogP contribution in [0, 0.1) is 0 Å². The van der Waals surface area contributed by atoms with Crippen LogP contribution in [0.2, 0.25) is 0 Å². The molecule has 122 valence electrons. The summed E-state index contributed by atoms with van der Waals surface area (Å²) in [7, 11) is 0. The zero-order valence-electron chi connectivity index (χ0n) is 13.6. The number of hydrogen-bond donors (Lipinski definition) is 0.